The van der Waals surface area contributed by atoms with E-state index < -0.39 is 0 Å². The molecule has 1 heterocycles. The van der Waals surface area contributed by atoms with E-state index in [2.05, 4.69) is 32.9 Å². The number of nitrogens with zero attached hydrogens (tertiary/aromatic N) is 2. The standard InChI is InChI=1S/C20H18IN3O2/c21-13-5-7-14(8-6-13)22-19(25)12-11-18-23-17-4-2-1-3-16(17)20(26)24(18)15-9-10-15/h1-8,15H,9-12H2,(H,22,25). The zero-order valence-corrected chi connectivity index (χ0v) is 16.3. The van der Waals surface area contributed by atoms with E-state index in [1.165, 1.54) is 0 Å². The van der Waals surface area contributed by atoms with Gasteiger partial charge in [0.15, 0.2) is 0 Å². The van der Waals surface area contributed by atoms with Gasteiger partial charge < -0.3 is 5.32 Å². The van der Waals surface area contributed by atoms with Crippen molar-refractivity contribution >= 4 is 45.1 Å². The molecule has 26 heavy (non-hydrogen) atoms. The molecule has 0 unspecified atom stereocenters. The lowest BCUT2D eigenvalue weighted by atomic mass is 10.2. The van der Waals surface area contributed by atoms with Crippen molar-refractivity contribution in [1.82, 2.24) is 9.55 Å². The smallest absolute Gasteiger partial charge is 0.261 e. The van der Waals surface area contributed by atoms with Crippen LogP contribution in [0.25, 0.3) is 10.9 Å². The van der Waals surface area contributed by atoms with Crippen molar-refractivity contribution in [3.63, 3.8) is 0 Å². The van der Waals surface area contributed by atoms with Gasteiger partial charge in [-0.2, -0.15) is 0 Å². The number of nitrogens with one attached hydrogen (secondary N) is 1. The van der Waals surface area contributed by atoms with Crippen molar-refractivity contribution in [2.45, 2.75) is 31.7 Å². The number of rotatable bonds is 5. The van der Waals surface area contributed by atoms with Crippen LogP contribution >= 0.6 is 22.6 Å². The van der Waals surface area contributed by atoms with Gasteiger partial charge in [0.05, 0.1) is 10.9 Å². The summed E-state index contributed by atoms with van der Waals surface area (Å²) in [4.78, 5) is 29.8. The van der Waals surface area contributed by atoms with Gasteiger partial charge in [0, 0.05) is 28.1 Å². The second-order valence-electron chi connectivity index (χ2n) is 6.51. The van der Waals surface area contributed by atoms with Gasteiger partial charge in [0.1, 0.15) is 5.82 Å². The van der Waals surface area contributed by atoms with E-state index in [9.17, 15) is 9.59 Å². The van der Waals surface area contributed by atoms with Crippen LogP contribution in [0.5, 0.6) is 0 Å². The average Bonchev–Trinajstić information content (AvgIpc) is 3.47. The van der Waals surface area contributed by atoms with E-state index in [0.717, 1.165) is 22.1 Å². The molecule has 1 fully saturated rings. The lowest BCUT2D eigenvalue weighted by molar-refractivity contribution is -0.116. The van der Waals surface area contributed by atoms with Gasteiger partial charge in [0.2, 0.25) is 5.91 Å². The van der Waals surface area contributed by atoms with E-state index >= 15 is 0 Å². The first-order valence-corrected chi connectivity index (χ1v) is 9.75. The number of para-hydroxylation sites is 1. The summed E-state index contributed by atoms with van der Waals surface area (Å²) in [6.45, 7) is 0. The fraction of sp³-hybridized carbons (Fsp3) is 0.250. The monoisotopic (exact) mass is 459 g/mol. The Bertz CT molecular complexity index is 1020. The summed E-state index contributed by atoms with van der Waals surface area (Å²) in [5, 5.41) is 3.54. The normalized spacial score (nSPS) is 13.7. The summed E-state index contributed by atoms with van der Waals surface area (Å²) in [5.41, 5.74) is 1.48. The number of carbonyl (C=O) groups is 1. The summed E-state index contributed by atoms with van der Waals surface area (Å²) in [6.07, 6.45) is 2.75. The molecule has 0 saturated heterocycles. The topological polar surface area (TPSA) is 64.0 Å². The number of benzene rings is 2. The van der Waals surface area contributed by atoms with Crippen LogP contribution in [-0.4, -0.2) is 15.5 Å². The molecule has 1 aromatic heterocycles. The molecule has 1 amide bonds. The Morgan fingerprint density at radius 2 is 1.88 bits per heavy atom. The zero-order valence-electron chi connectivity index (χ0n) is 14.1. The van der Waals surface area contributed by atoms with E-state index in [1.54, 1.807) is 4.57 Å². The van der Waals surface area contributed by atoms with Crippen molar-refractivity contribution in [1.29, 1.82) is 0 Å². The number of amides is 1. The molecule has 2 aromatic carbocycles. The molecule has 0 aliphatic heterocycles. The number of hydrogen-bond donors (Lipinski definition) is 1. The quantitative estimate of drug-likeness (QED) is 0.589. The zero-order chi connectivity index (χ0) is 18.1. The molecule has 5 nitrogen and oxygen atoms in total. The molecular weight excluding hydrogens is 441 g/mol. The lowest BCUT2D eigenvalue weighted by Crippen LogP contribution is -2.25. The van der Waals surface area contributed by atoms with E-state index in [-0.39, 0.29) is 17.5 Å². The third kappa shape index (κ3) is 3.65. The van der Waals surface area contributed by atoms with Crippen LogP contribution in [-0.2, 0) is 11.2 Å². The Morgan fingerprint density at radius 3 is 2.62 bits per heavy atom. The Labute approximate surface area is 164 Å². The maximum Gasteiger partial charge on any atom is 0.261 e. The van der Waals surface area contributed by atoms with Gasteiger partial charge in [-0.15, -0.1) is 0 Å². The molecule has 1 N–H and O–H groups in total. The predicted octanol–water partition coefficient (Wildman–Crippen LogP) is 3.91. The molecule has 6 heteroatoms. The first-order chi connectivity index (χ1) is 12.6. The summed E-state index contributed by atoms with van der Waals surface area (Å²) in [5.74, 6) is 0.630. The Kier molecular flexibility index (Phi) is 4.76. The fourth-order valence-electron chi connectivity index (χ4n) is 3.06. The fourth-order valence-corrected chi connectivity index (χ4v) is 3.42. The summed E-state index contributed by atoms with van der Waals surface area (Å²) in [7, 11) is 0. The second kappa shape index (κ2) is 7.19. The maximum atomic E-state index is 12.8. The molecule has 1 aliphatic rings. The van der Waals surface area contributed by atoms with Crippen molar-refractivity contribution in [3.05, 3.63) is 68.3 Å². The molecule has 3 aromatic rings. The minimum Gasteiger partial charge on any atom is -0.326 e. The highest BCUT2D eigenvalue weighted by Crippen LogP contribution is 2.34. The van der Waals surface area contributed by atoms with Crippen LogP contribution in [0.3, 0.4) is 0 Å². The van der Waals surface area contributed by atoms with Gasteiger partial charge in [0.25, 0.3) is 5.56 Å². The number of fused-ring (bicyclic) bond motifs is 1. The molecule has 0 spiro atoms. The Balaban J connectivity index is 1.55. The molecule has 4 rings (SSSR count). The van der Waals surface area contributed by atoms with Crippen LogP contribution < -0.4 is 10.9 Å². The highest BCUT2D eigenvalue weighted by molar-refractivity contribution is 14.1. The van der Waals surface area contributed by atoms with E-state index in [1.807, 2.05) is 48.5 Å². The SMILES string of the molecule is O=C(CCc1nc2ccccc2c(=O)n1C1CC1)Nc1ccc(I)cc1. The van der Waals surface area contributed by atoms with E-state index in [4.69, 9.17) is 0 Å². The van der Waals surface area contributed by atoms with Crippen molar-refractivity contribution in [2.75, 3.05) is 5.32 Å². The minimum absolute atomic E-state index is 0.00569. The van der Waals surface area contributed by atoms with Crippen LogP contribution in [0.2, 0.25) is 0 Å². The van der Waals surface area contributed by atoms with Crippen molar-refractivity contribution in [3.8, 4) is 0 Å². The van der Waals surface area contributed by atoms with Crippen LogP contribution in [0.1, 0.15) is 31.1 Å². The Hall–Kier alpha value is -2.22. The van der Waals surface area contributed by atoms with Crippen LogP contribution in [0.4, 0.5) is 5.69 Å². The lowest BCUT2D eigenvalue weighted by Gasteiger charge is -2.13. The van der Waals surface area contributed by atoms with Crippen LogP contribution in [0, 0.1) is 3.57 Å². The first-order valence-electron chi connectivity index (χ1n) is 8.67. The molecule has 132 valence electrons. The third-order valence-electron chi connectivity index (χ3n) is 4.50. The van der Waals surface area contributed by atoms with Crippen molar-refractivity contribution in [2.24, 2.45) is 0 Å². The largest absolute Gasteiger partial charge is 0.326 e. The Morgan fingerprint density at radius 1 is 1.15 bits per heavy atom. The number of aromatic nitrogens is 2. The van der Waals surface area contributed by atoms with Crippen LogP contribution in [0.15, 0.2) is 53.3 Å². The first kappa shape index (κ1) is 17.2. The molecule has 0 atom stereocenters. The second-order valence-corrected chi connectivity index (χ2v) is 7.75. The number of carbonyl (C=O) groups excluding carboxylic acids is 1. The van der Waals surface area contributed by atoms with Crippen molar-refractivity contribution < 1.29 is 4.79 Å². The highest BCUT2D eigenvalue weighted by Gasteiger charge is 2.28. The number of hydrogen-bond acceptors (Lipinski definition) is 3. The minimum atomic E-state index is -0.0732. The molecule has 0 radical (unpaired) electrons. The van der Waals surface area contributed by atoms with Gasteiger partial charge in [-0.05, 0) is 71.8 Å². The summed E-state index contributed by atoms with van der Waals surface area (Å²) < 4.78 is 2.91. The maximum absolute atomic E-state index is 12.8. The molecule has 1 aliphatic carbocycles. The van der Waals surface area contributed by atoms with Gasteiger partial charge >= 0.3 is 0 Å². The number of anilines is 1. The predicted molar refractivity (Wildman–Crippen MR) is 110 cm³/mol. The molecular formula is C20H18IN3O2. The van der Waals surface area contributed by atoms with Gasteiger partial charge in [-0.3, -0.25) is 14.2 Å². The van der Waals surface area contributed by atoms with E-state index in [0.29, 0.717) is 29.6 Å². The average molecular weight is 459 g/mol. The van der Waals surface area contributed by atoms with Gasteiger partial charge in [-0.1, -0.05) is 12.1 Å². The third-order valence-corrected chi connectivity index (χ3v) is 5.22. The van der Waals surface area contributed by atoms with Gasteiger partial charge in [-0.25, -0.2) is 4.98 Å². The summed E-state index contributed by atoms with van der Waals surface area (Å²) in [6, 6.07) is 15.3. The highest BCUT2D eigenvalue weighted by atomic mass is 127. The number of halogens is 1. The molecule has 0 bridgehead atoms. The summed E-state index contributed by atoms with van der Waals surface area (Å²) >= 11 is 2.23. The number of aryl methyl sites for hydroxylation is 1. The molecule has 1 saturated carbocycles.